The average Bonchev–Trinajstić information content (AvgIpc) is 2.75. The van der Waals surface area contributed by atoms with Crippen molar-refractivity contribution in [1.82, 2.24) is 0 Å². The van der Waals surface area contributed by atoms with Crippen molar-refractivity contribution in [2.24, 2.45) is 0 Å². The van der Waals surface area contributed by atoms with Crippen LogP contribution in [0.3, 0.4) is 0 Å². The number of amides is 1. The van der Waals surface area contributed by atoms with Crippen LogP contribution in [0.2, 0.25) is 4.34 Å². The van der Waals surface area contributed by atoms with Crippen LogP contribution in [-0.4, -0.2) is 11.7 Å². The van der Waals surface area contributed by atoms with Gasteiger partial charge in [0.2, 0.25) is 5.91 Å². The molecular weight excluding hydrogens is 380 g/mol. The van der Waals surface area contributed by atoms with E-state index in [-0.39, 0.29) is 5.91 Å². The molecule has 0 saturated carbocycles. The first-order valence-corrected chi connectivity index (χ1v) is 8.83. The van der Waals surface area contributed by atoms with Crippen LogP contribution in [-0.2, 0) is 11.3 Å². The first kappa shape index (κ1) is 14.3. The molecule has 0 saturated heterocycles. The summed E-state index contributed by atoms with van der Waals surface area (Å²) in [5, 5.41) is 6.22. The van der Waals surface area contributed by atoms with E-state index < -0.39 is 0 Å². The molecule has 1 aromatic carbocycles. The lowest BCUT2D eigenvalue weighted by atomic mass is 10.2. The van der Waals surface area contributed by atoms with Crippen LogP contribution in [0.1, 0.15) is 4.88 Å². The summed E-state index contributed by atoms with van der Waals surface area (Å²) < 4.78 is 1.69. The standard InChI is InChI=1S/C13H10BrClN2OS2/c14-9-4-8(20-13(9)15)5-16-7-1-2-11-10(3-7)17-12(18)6-19-11/h1-4,16H,5-6H2,(H,17,18). The minimum atomic E-state index is 0.0496. The number of hydrogen-bond acceptors (Lipinski definition) is 4. The molecule has 0 radical (unpaired) electrons. The van der Waals surface area contributed by atoms with E-state index in [0.717, 1.165) is 30.0 Å². The largest absolute Gasteiger partial charge is 0.380 e. The highest BCUT2D eigenvalue weighted by Gasteiger charge is 2.15. The summed E-state index contributed by atoms with van der Waals surface area (Å²) >= 11 is 12.5. The number of rotatable bonds is 3. The molecule has 0 unspecified atom stereocenters. The van der Waals surface area contributed by atoms with E-state index in [0.29, 0.717) is 12.3 Å². The van der Waals surface area contributed by atoms with Crippen molar-refractivity contribution in [3.8, 4) is 0 Å². The summed E-state index contributed by atoms with van der Waals surface area (Å²) in [4.78, 5) is 13.6. The number of fused-ring (bicyclic) bond motifs is 1. The summed E-state index contributed by atoms with van der Waals surface area (Å²) in [7, 11) is 0. The second kappa shape index (κ2) is 5.97. The van der Waals surface area contributed by atoms with Crippen LogP contribution in [0.15, 0.2) is 33.6 Å². The summed E-state index contributed by atoms with van der Waals surface area (Å²) in [6.45, 7) is 0.704. The Bertz CT molecular complexity index is 655. The van der Waals surface area contributed by atoms with Gasteiger partial charge in [-0.1, -0.05) is 11.6 Å². The molecule has 3 nitrogen and oxygen atoms in total. The number of thioether (sulfide) groups is 1. The highest BCUT2D eigenvalue weighted by Crippen LogP contribution is 2.35. The Hall–Kier alpha value is -0.690. The topological polar surface area (TPSA) is 41.1 Å². The van der Waals surface area contributed by atoms with E-state index in [9.17, 15) is 4.79 Å². The second-order valence-corrected chi connectivity index (χ2v) is 7.85. The molecule has 0 bridgehead atoms. The van der Waals surface area contributed by atoms with E-state index in [2.05, 4.69) is 26.6 Å². The zero-order valence-corrected chi connectivity index (χ0v) is 14.2. The molecular formula is C13H10BrClN2OS2. The smallest absolute Gasteiger partial charge is 0.234 e. The monoisotopic (exact) mass is 388 g/mol. The lowest BCUT2D eigenvalue weighted by Gasteiger charge is -2.17. The van der Waals surface area contributed by atoms with Gasteiger partial charge in [-0.05, 0) is 40.2 Å². The summed E-state index contributed by atoms with van der Waals surface area (Å²) in [5.74, 6) is 0.537. The molecule has 0 aliphatic carbocycles. The van der Waals surface area contributed by atoms with Gasteiger partial charge in [0.25, 0.3) is 0 Å². The van der Waals surface area contributed by atoms with Gasteiger partial charge in [0.15, 0.2) is 0 Å². The summed E-state index contributed by atoms with van der Waals surface area (Å²) in [5.41, 5.74) is 1.86. The maximum Gasteiger partial charge on any atom is 0.234 e. The van der Waals surface area contributed by atoms with Crippen molar-refractivity contribution >= 4 is 67.9 Å². The van der Waals surface area contributed by atoms with Gasteiger partial charge in [-0.3, -0.25) is 4.79 Å². The fraction of sp³-hybridized carbons (Fsp3) is 0.154. The van der Waals surface area contributed by atoms with Crippen molar-refractivity contribution in [2.45, 2.75) is 11.4 Å². The van der Waals surface area contributed by atoms with E-state index in [1.54, 1.807) is 23.1 Å². The lowest BCUT2D eigenvalue weighted by Crippen LogP contribution is -2.18. The molecule has 1 aliphatic heterocycles. The Morgan fingerprint density at radius 2 is 2.25 bits per heavy atom. The van der Waals surface area contributed by atoms with Crippen molar-refractivity contribution in [3.05, 3.63) is 38.0 Å². The highest BCUT2D eigenvalue weighted by atomic mass is 79.9. The van der Waals surface area contributed by atoms with Gasteiger partial charge in [0.1, 0.15) is 4.34 Å². The third kappa shape index (κ3) is 3.14. The zero-order chi connectivity index (χ0) is 14.1. The van der Waals surface area contributed by atoms with Crippen LogP contribution < -0.4 is 10.6 Å². The Morgan fingerprint density at radius 1 is 1.40 bits per heavy atom. The first-order chi connectivity index (χ1) is 9.61. The molecule has 104 valence electrons. The maximum atomic E-state index is 11.4. The summed E-state index contributed by atoms with van der Waals surface area (Å²) in [6.07, 6.45) is 0. The molecule has 0 atom stereocenters. The molecule has 2 aromatic rings. The number of carbonyl (C=O) groups excluding carboxylic acids is 1. The highest BCUT2D eigenvalue weighted by molar-refractivity contribution is 9.10. The molecule has 0 spiro atoms. The van der Waals surface area contributed by atoms with Gasteiger partial charge in [-0.2, -0.15) is 0 Å². The SMILES string of the molecule is O=C1CSc2ccc(NCc3cc(Br)c(Cl)s3)cc2N1. The number of thiophene rings is 1. The normalized spacial score (nSPS) is 13.8. The number of nitrogens with one attached hydrogen (secondary N) is 2. The van der Waals surface area contributed by atoms with Gasteiger partial charge in [0, 0.05) is 26.5 Å². The minimum absolute atomic E-state index is 0.0496. The van der Waals surface area contributed by atoms with E-state index in [4.69, 9.17) is 11.6 Å². The lowest BCUT2D eigenvalue weighted by molar-refractivity contribution is -0.113. The third-order valence-corrected chi connectivity index (χ3v) is 6.32. The van der Waals surface area contributed by atoms with Crippen LogP contribution in [0, 0.1) is 0 Å². The van der Waals surface area contributed by atoms with Gasteiger partial charge < -0.3 is 10.6 Å². The number of anilines is 2. The predicted octanol–water partition coefficient (Wildman–Crippen LogP) is 4.82. The van der Waals surface area contributed by atoms with Crippen LogP contribution in [0.4, 0.5) is 11.4 Å². The molecule has 2 heterocycles. The van der Waals surface area contributed by atoms with E-state index >= 15 is 0 Å². The zero-order valence-electron chi connectivity index (χ0n) is 10.2. The molecule has 7 heteroatoms. The van der Waals surface area contributed by atoms with Crippen LogP contribution in [0.25, 0.3) is 0 Å². The number of hydrogen-bond donors (Lipinski definition) is 2. The first-order valence-electron chi connectivity index (χ1n) is 5.86. The van der Waals surface area contributed by atoms with Crippen molar-refractivity contribution < 1.29 is 4.79 Å². The molecule has 3 rings (SSSR count). The van der Waals surface area contributed by atoms with Crippen molar-refractivity contribution in [2.75, 3.05) is 16.4 Å². The van der Waals surface area contributed by atoms with Crippen molar-refractivity contribution in [3.63, 3.8) is 0 Å². The fourth-order valence-electron chi connectivity index (χ4n) is 1.86. The molecule has 0 fully saturated rings. The molecule has 1 aliphatic rings. The number of benzene rings is 1. The van der Waals surface area contributed by atoms with E-state index in [1.807, 2.05) is 24.3 Å². The van der Waals surface area contributed by atoms with Gasteiger partial charge in [0.05, 0.1) is 11.4 Å². The number of halogens is 2. The second-order valence-electron chi connectivity index (χ2n) is 4.24. The van der Waals surface area contributed by atoms with E-state index in [1.165, 1.54) is 0 Å². The van der Waals surface area contributed by atoms with Gasteiger partial charge >= 0.3 is 0 Å². The Labute approximate surface area is 138 Å². The fourth-order valence-corrected chi connectivity index (χ4v) is 4.38. The molecule has 1 aromatic heterocycles. The molecule has 1 amide bonds. The maximum absolute atomic E-state index is 11.4. The Morgan fingerprint density at radius 3 is 3.00 bits per heavy atom. The Balaban J connectivity index is 1.72. The average molecular weight is 390 g/mol. The van der Waals surface area contributed by atoms with Crippen LogP contribution in [0.5, 0.6) is 0 Å². The minimum Gasteiger partial charge on any atom is -0.380 e. The third-order valence-electron chi connectivity index (χ3n) is 2.78. The quantitative estimate of drug-likeness (QED) is 0.790. The molecule has 20 heavy (non-hydrogen) atoms. The van der Waals surface area contributed by atoms with Gasteiger partial charge in [-0.25, -0.2) is 0 Å². The summed E-state index contributed by atoms with van der Waals surface area (Å²) in [6, 6.07) is 8.02. The Kier molecular flexibility index (Phi) is 4.26. The van der Waals surface area contributed by atoms with Crippen LogP contribution >= 0.6 is 50.6 Å². The number of carbonyl (C=O) groups is 1. The van der Waals surface area contributed by atoms with Gasteiger partial charge in [-0.15, -0.1) is 23.1 Å². The van der Waals surface area contributed by atoms with Crippen molar-refractivity contribution in [1.29, 1.82) is 0 Å². The molecule has 2 N–H and O–H groups in total. The predicted molar refractivity (Wildman–Crippen MR) is 90.2 cm³/mol.